The van der Waals surface area contributed by atoms with E-state index in [1.165, 1.54) is 17.7 Å². The summed E-state index contributed by atoms with van der Waals surface area (Å²) in [6.45, 7) is 3.93. The first-order valence-corrected chi connectivity index (χ1v) is 11.6. The average Bonchev–Trinajstić information content (AvgIpc) is 3.39. The minimum absolute atomic E-state index is 0.239. The lowest BCUT2D eigenvalue weighted by Crippen LogP contribution is -2.46. The summed E-state index contributed by atoms with van der Waals surface area (Å²) < 4.78 is 24.8. The zero-order chi connectivity index (χ0) is 25.2. The fraction of sp³-hybridized carbons (Fsp3) is 0.179. The third-order valence-electron chi connectivity index (χ3n) is 6.28. The van der Waals surface area contributed by atoms with E-state index in [1.54, 1.807) is 24.1 Å². The van der Waals surface area contributed by atoms with Gasteiger partial charge in [-0.15, -0.1) is 0 Å². The van der Waals surface area contributed by atoms with Crippen molar-refractivity contribution in [3.05, 3.63) is 101 Å². The topological polar surface area (TPSA) is 80.5 Å². The zero-order valence-corrected chi connectivity index (χ0v) is 20.2. The zero-order valence-electron chi connectivity index (χ0n) is 20.2. The van der Waals surface area contributed by atoms with E-state index < -0.39 is 11.9 Å². The maximum atomic E-state index is 13.8. The lowest BCUT2D eigenvalue weighted by molar-refractivity contribution is 0.244. The van der Waals surface area contributed by atoms with Crippen molar-refractivity contribution >= 4 is 17.3 Å². The number of aromatic nitrogens is 2. The Labute approximate surface area is 208 Å². The van der Waals surface area contributed by atoms with Gasteiger partial charge in [-0.25, -0.2) is 9.18 Å². The van der Waals surface area contributed by atoms with E-state index in [0.29, 0.717) is 22.6 Å². The van der Waals surface area contributed by atoms with Crippen molar-refractivity contribution in [3.8, 4) is 17.1 Å². The summed E-state index contributed by atoms with van der Waals surface area (Å²) in [6, 6.07) is 20.4. The molecule has 0 aliphatic carbocycles. The number of urea groups is 1. The molecule has 1 aromatic heterocycles. The number of aryl methyl sites for hydroxylation is 1. The molecule has 4 aromatic rings. The number of halogens is 1. The number of anilines is 1. The second kappa shape index (κ2) is 9.65. The molecule has 5 rings (SSSR count). The van der Waals surface area contributed by atoms with E-state index in [2.05, 4.69) is 22.4 Å². The van der Waals surface area contributed by atoms with Gasteiger partial charge in [-0.05, 0) is 60.9 Å². The lowest BCUT2D eigenvalue weighted by Gasteiger charge is -2.35. The van der Waals surface area contributed by atoms with Crippen LogP contribution in [0.25, 0.3) is 17.0 Å². The molecule has 7 nitrogen and oxygen atoms in total. The van der Waals surface area contributed by atoms with Gasteiger partial charge in [-0.2, -0.15) is 4.98 Å². The largest absolute Gasteiger partial charge is 0.497 e. The Morgan fingerprint density at radius 2 is 1.83 bits per heavy atom. The van der Waals surface area contributed by atoms with E-state index in [9.17, 15) is 9.18 Å². The van der Waals surface area contributed by atoms with Crippen molar-refractivity contribution in [2.45, 2.75) is 26.3 Å². The molecule has 3 aromatic carbocycles. The van der Waals surface area contributed by atoms with Crippen LogP contribution in [0.2, 0.25) is 0 Å². The molecule has 0 saturated heterocycles. The van der Waals surface area contributed by atoms with Crippen molar-refractivity contribution in [1.82, 2.24) is 15.5 Å². The number of nitrogens with zero attached hydrogens (tertiary/aromatic N) is 3. The Hall–Kier alpha value is -4.46. The third-order valence-corrected chi connectivity index (χ3v) is 6.28. The highest BCUT2D eigenvalue weighted by Crippen LogP contribution is 2.39. The number of hydrogen-bond acceptors (Lipinski definition) is 5. The molecule has 36 heavy (non-hydrogen) atoms. The van der Waals surface area contributed by atoms with Crippen LogP contribution in [0.1, 0.15) is 36.9 Å². The quantitative estimate of drug-likeness (QED) is 0.355. The molecule has 0 radical (unpaired) electrons. The number of benzene rings is 3. The van der Waals surface area contributed by atoms with Crippen molar-refractivity contribution in [1.29, 1.82) is 0 Å². The van der Waals surface area contributed by atoms with Gasteiger partial charge in [0.2, 0.25) is 5.82 Å². The fourth-order valence-electron chi connectivity index (χ4n) is 4.34. The number of carbonyl (C=O) groups is 1. The minimum Gasteiger partial charge on any atom is -0.497 e. The molecule has 1 unspecified atom stereocenters. The molecule has 8 heteroatoms. The number of nitrogens with one attached hydrogen (secondary N) is 1. The first kappa shape index (κ1) is 23.3. The van der Waals surface area contributed by atoms with Gasteiger partial charge < -0.3 is 14.6 Å². The first-order chi connectivity index (χ1) is 17.5. The minimum atomic E-state index is -0.546. The molecule has 2 heterocycles. The summed E-state index contributed by atoms with van der Waals surface area (Å²) in [6.07, 6.45) is 0.900. The summed E-state index contributed by atoms with van der Waals surface area (Å²) >= 11 is 0. The van der Waals surface area contributed by atoms with Gasteiger partial charge in [0.05, 0.1) is 24.4 Å². The van der Waals surface area contributed by atoms with Crippen LogP contribution in [0.15, 0.2) is 83.0 Å². The van der Waals surface area contributed by atoms with E-state index in [0.717, 1.165) is 17.7 Å². The van der Waals surface area contributed by atoms with Gasteiger partial charge in [0.15, 0.2) is 0 Å². The Morgan fingerprint density at radius 3 is 2.50 bits per heavy atom. The standard InChI is InChI=1S/C28H25FN4O3/c1-4-18-8-12-22(13-9-18)33-17(2)24(25(30-28(33)34)19-10-14-23(35-3)15-11-19)27-31-26(32-36-27)20-6-5-7-21(29)16-20/h5-16,25H,4H2,1-3H3,(H,30,34). The van der Waals surface area contributed by atoms with Gasteiger partial charge in [-0.1, -0.05) is 48.5 Å². The predicted octanol–water partition coefficient (Wildman–Crippen LogP) is 6.15. The smallest absolute Gasteiger partial charge is 0.326 e. The summed E-state index contributed by atoms with van der Waals surface area (Å²) in [5.74, 6) is 0.806. The lowest BCUT2D eigenvalue weighted by atomic mass is 9.94. The van der Waals surface area contributed by atoms with E-state index in [4.69, 9.17) is 9.26 Å². The highest BCUT2D eigenvalue weighted by Gasteiger charge is 2.36. The number of hydrogen-bond donors (Lipinski definition) is 1. The van der Waals surface area contributed by atoms with Crippen LogP contribution >= 0.6 is 0 Å². The summed E-state index contributed by atoms with van der Waals surface area (Å²) in [5, 5.41) is 7.18. The number of ether oxygens (including phenoxy) is 1. The number of carbonyl (C=O) groups excluding carboxylic acids is 1. The second-order valence-corrected chi connectivity index (χ2v) is 8.44. The maximum absolute atomic E-state index is 13.8. The third kappa shape index (κ3) is 4.33. The fourth-order valence-corrected chi connectivity index (χ4v) is 4.34. The number of amides is 2. The number of rotatable bonds is 6. The Bertz CT molecular complexity index is 1430. The molecular weight excluding hydrogens is 459 g/mol. The Morgan fingerprint density at radius 1 is 1.08 bits per heavy atom. The van der Waals surface area contributed by atoms with Crippen LogP contribution in [-0.4, -0.2) is 23.3 Å². The van der Waals surface area contributed by atoms with E-state index >= 15 is 0 Å². The van der Waals surface area contributed by atoms with E-state index in [-0.39, 0.29) is 17.7 Å². The average molecular weight is 485 g/mol. The van der Waals surface area contributed by atoms with Crippen LogP contribution in [-0.2, 0) is 6.42 Å². The molecule has 0 fully saturated rings. The molecule has 1 N–H and O–H groups in total. The van der Waals surface area contributed by atoms with Gasteiger partial charge in [-0.3, -0.25) is 4.90 Å². The van der Waals surface area contributed by atoms with Gasteiger partial charge in [0, 0.05) is 11.3 Å². The number of methoxy groups -OCH3 is 1. The number of allylic oxidation sites excluding steroid dienone is 1. The van der Waals surface area contributed by atoms with Crippen LogP contribution in [0.3, 0.4) is 0 Å². The van der Waals surface area contributed by atoms with Crippen LogP contribution < -0.4 is 15.0 Å². The Kier molecular flexibility index (Phi) is 6.25. The van der Waals surface area contributed by atoms with Crippen LogP contribution in [0.4, 0.5) is 14.9 Å². The molecule has 1 aliphatic heterocycles. The molecule has 0 spiro atoms. The highest BCUT2D eigenvalue weighted by atomic mass is 19.1. The van der Waals surface area contributed by atoms with Crippen molar-refractivity contribution < 1.29 is 18.4 Å². The van der Waals surface area contributed by atoms with Crippen LogP contribution in [0, 0.1) is 5.82 Å². The maximum Gasteiger partial charge on any atom is 0.326 e. The van der Waals surface area contributed by atoms with Crippen molar-refractivity contribution in [2.24, 2.45) is 0 Å². The normalized spacial score (nSPS) is 15.7. The van der Waals surface area contributed by atoms with Gasteiger partial charge in [0.25, 0.3) is 5.89 Å². The van der Waals surface area contributed by atoms with Crippen molar-refractivity contribution in [2.75, 3.05) is 12.0 Å². The van der Waals surface area contributed by atoms with Crippen LogP contribution in [0.5, 0.6) is 5.75 Å². The molecule has 1 aliphatic rings. The van der Waals surface area contributed by atoms with Gasteiger partial charge in [0.1, 0.15) is 11.6 Å². The SMILES string of the molecule is CCc1ccc(N2C(=O)NC(c3ccc(OC)cc3)C(c3nc(-c4cccc(F)c4)no3)=C2C)cc1. The summed E-state index contributed by atoms with van der Waals surface area (Å²) in [7, 11) is 1.60. The first-order valence-electron chi connectivity index (χ1n) is 11.6. The Balaban J connectivity index is 1.63. The molecule has 1 atom stereocenters. The summed E-state index contributed by atoms with van der Waals surface area (Å²) in [4.78, 5) is 19.5. The monoisotopic (exact) mass is 484 g/mol. The molecular formula is C28H25FN4O3. The molecule has 182 valence electrons. The van der Waals surface area contributed by atoms with E-state index in [1.807, 2.05) is 55.5 Å². The predicted molar refractivity (Wildman–Crippen MR) is 135 cm³/mol. The molecule has 0 bridgehead atoms. The van der Waals surface area contributed by atoms with Gasteiger partial charge >= 0.3 is 6.03 Å². The molecule has 0 saturated carbocycles. The molecule has 2 amide bonds. The van der Waals surface area contributed by atoms with Crippen molar-refractivity contribution in [3.63, 3.8) is 0 Å². The second-order valence-electron chi connectivity index (χ2n) is 8.44. The summed E-state index contributed by atoms with van der Waals surface area (Å²) in [5.41, 5.74) is 4.51. The highest BCUT2D eigenvalue weighted by molar-refractivity contribution is 6.01.